The van der Waals surface area contributed by atoms with Gasteiger partial charge in [-0.2, -0.15) is 0 Å². The third-order valence-corrected chi connectivity index (χ3v) is 7.43. The highest BCUT2D eigenvalue weighted by molar-refractivity contribution is 5.81. The Labute approximate surface area is 176 Å². The van der Waals surface area contributed by atoms with Gasteiger partial charge in [-0.3, -0.25) is 0 Å². The van der Waals surface area contributed by atoms with Gasteiger partial charge in [0.15, 0.2) is 0 Å². The summed E-state index contributed by atoms with van der Waals surface area (Å²) in [5.74, 6) is 1.16. The Balaban J connectivity index is 1.71. The van der Waals surface area contributed by atoms with E-state index in [1.54, 1.807) is 22.3 Å². The second kappa shape index (κ2) is 6.21. The summed E-state index contributed by atoms with van der Waals surface area (Å²) in [6.07, 6.45) is 8.58. The maximum Gasteiger partial charge on any atom is 0.0170 e. The first-order chi connectivity index (χ1) is 13.6. The fourth-order valence-corrected chi connectivity index (χ4v) is 5.68. The van der Waals surface area contributed by atoms with Crippen molar-refractivity contribution in [1.82, 2.24) is 0 Å². The minimum absolute atomic E-state index is 0.173. The van der Waals surface area contributed by atoms with Crippen LogP contribution in [0.3, 0.4) is 0 Å². The van der Waals surface area contributed by atoms with Gasteiger partial charge in [0.2, 0.25) is 0 Å². The predicted octanol–water partition coefficient (Wildman–Crippen LogP) is 8.06. The van der Waals surface area contributed by atoms with Gasteiger partial charge in [-0.25, -0.2) is 0 Å². The summed E-state index contributed by atoms with van der Waals surface area (Å²) in [5.41, 5.74) is 12.6. The largest absolute Gasteiger partial charge is 0.0802 e. The molecular formula is C29H34. The van der Waals surface area contributed by atoms with Gasteiger partial charge in [0.25, 0.3) is 0 Å². The molecule has 0 N–H and O–H groups in total. The summed E-state index contributed by atoms with van der Waals surface area (Å²) in [7, 11) is 0. The van der Waals surface area contributed by atoms with Gasteiger partial charge >= 0.3 is 0 Å². The predicted molar refractivity (Wildman–Crippen MR) is 125 cm³/mol. The van der Waals surface area contributed by atoms with Crippen LogP contribution in [0.2, 0.25) is 0 Å². The van der Waals surface area contributed by atoms with Gasteiger partial charge in [-0.15, -0.1) is 0 Å². The van der Waals surface area contributed by atoms with E-state index in [1.807, 2.05) is 0 Å². The van der Waals surface area contributed by atoms with Crippen molar-refractivity contribution in [3.05, 3.63) is 82.0 Å². The normalized spacial score (nSPS) is 21.0. The molecule has 0 heteroatoms. The minimum Gasteiger partial charge on any atom is -0.0802 e. The monoisotopic (exact) mass is 382 g/mol. The molecule has 0 heterocycles. The molecule has 150 valence electrons. The zero-order valence-electron chi connectivity index (χ0n) is 18.9. The first-order valence-corrected chi connectivity index (χ1v) is 11.3. The smallest absolute Gasteiger partial charge is 0.0170 e. The van der Waals surface area contributed by atoms with Crippen molar-refractivity contribution in [2.24, 2.45) is 5.92 Å². The zero-order valence-corrected chi connectivity index (χ0v) is 18.9. The molecule has 29 heavy (non-hydrogen) atoms. The number of benzene rings is 2. The van der Waals surface area contributed by atoms with Crippen molar-refractivity contribution < 1.29 is 0 Å². The third-order valence-electron chi connectivity index (χ3n) is 7.43. The van der Waals surface area contributed by atoms with Crippen molar-refractivity contribution in [1.29, 1.82) is 0 Å². The molecule has 0 spiro atoms. The van der Waals surface area contributed by atoms with E-state index >= 15 is 0 Å². The summed E-state index contributed by atoms with van der Waals surface area (Å²) < 4.78 is 0. The van der Waals surface area contributed by atoms with Crippen LogP contribution in [0, 0.1) is 5.92 Å². The molecule has 0 bridgehead atoms. The molecule has 2 aromatic carbocycles. The van der Waals surface area contributed by atoms with E-state index in [2.05, 4.69) is 90.1 Å². The first-order valence-electron chi connectivity index (χ1n) is 11.3. The Morgan fingerprint density at radius 3 is 1.83 bits per heavy atom. The van der Waals surface area contributed by atoms with Crippen molar-refractivity contribution in [3.63, 3.8) is 0 Å². The van der Waals surface area contributed by atoms with Crippen LogP contribution in [0.5, 0.6) is 0 Å². The van der Waals surface area contributed by atoms with Gasteiger partial charge in [-0.05, 0) is 75.0 Å². The standard InChI is InChI=1S/C29H34/c1-28(2,3)19-11-14-23-25(16-19)26-17-20(29(4,5)6)12-15-24(26)27(23)22-13-10-18-8-7-9-21(18)22/h7,9,11-12,14-17,22,27H,8,10,13H2,1-6H3. The van der Waals surface area contributed by atoms with Crippen molar-refractivity contribution in [2.75, 3.05) is 0 Å². The molecule has 1 unspecified atom stereocenters. The summed E-state index contributed by atoms with van der Waals surface area (Å²) in [6, 6.07) is 14.7. The van der Waals surface area contributed by atoms with Crippen LogP contribution in [0.15, 0.2) is 59.7 Å². The molecule has 5 rings (SSSR count). The minimum atomic E-state index is 0.173. The first kappa shape index (κ1) is 18.9. The Morgan fingerprint density at radius 2 is 1.31 bits per heavy atom. The Morgan fingerprint density at radius 1 is 0.759 bits per heavy atom. The Bertz CT molecular complexity index is 983. The van der Waals surface area contributed by atoms with Crippen molar-refractivity contribution in [3.8, 4) is 11.1 Å². The number of rotatable bonds is 1. The van der Waals surface area contributed by atoms with E-state index in [9.17, 15) is 0 Å². The molecule has 0 saturated heterocycles. The van der Waals surface area contributed by atoms with E-state index in [0.29, 0.717) is 11.8 Å². The molecule has 0 aliphatic heterocycles. The van der Waals surface area contributed by atoms with Crippen LogP contribution < -0.4 is 0 Å². The second-order valence-corrected chi connectivity index (χ2v) is 11.4. The molecule has 3 aliphatic carbocycles. The highest BCUT2D eigenvalue weighted by Gasteiger charge is 2.40. The topological polar surface area (TPSA) is 0 Å². The van der Waals surface area contributed by atoms with Crippen LogP contribution >= 0.6 is 0 Å². The van der Waals surface area contributed by atoms with Gasteiger partial charge < -0.3 is 0 Å². The van der Waals surface area contributed by atoms with Crippen LogP contribution in [-0.2, 0) is 10.8 Å². The van der Waals surface area contributed by atoms with E-state index in [0.717, 1.165) is 0 Å². The van der Waals surface area contributed by atoms with Crippen LogP contribution in [-0.4, -0.2) is 0 Å². The maximum absolute atomic E-state index is 2.50. The molecule has 0 radical (unpaired) electrons. The second-order valence-electron chi connectivity index (χ2n) is 11.4. The average molecular weight is 383 g/mol. The lowest BCUT2D eigenvalue weighted by Gasteiger charge is -2.25. The quantitative estimate of drug-likeness (QED) is 0.468. The number of hydrogen-bond donors (Lipinski definition) is 0. The molecule has 1 atom stereocenters. The summed E-state index contributed by atoms with van der Waals surface area (Å²) in [6.45, 7) is 13.9. The number of allylic oxidation sites excluding steroid dienone is 4. The fourth-order valence-electron chi connectivity index (χ4n) is 5.68. The Kier molecular flexibility index (Phi) is 4.05. The molecule has 0 aromatic heterocycles. The fraction of sp³-hybridized carbons (Fsp3) is 0.448. The lowest BCUT2D eigenvalue weighted by Crippen LogP contribution is -2.13. The summed E-state index contributed by atoms with van der Waals surface area (Å²) in [4.78, 5) is 0. The lowest BCUT2D eigenvalue weighted by molar-refractivity contribution is 0.546. The van der Waals surface area contributed by atoms with Gasteiger partial charge in [0.05, 0.1) is 0 Å². The summed E-state index contributed by atoms with van der Waals surface area (Å²) in [5, 5.41) is 0. The van der Waals surface area contributed by atoms with Crippen molar-refractivity contribution in [2.45, 2.75) is 77.6 Å². The van der Waals surface area contributed by atoms with Gasteiger partial charge in [-0.1, -0.05) is 95.7 Å². The van der Waals surface area contributed by atoms with Crippen LogP contribution in [0.4, 0.5) is 0 Å². The Hall–Kier alpha value is -2.08. The highest BCUT2D eigenvalue weighted by atomic mass is 14.4. The molecule has 0 nitrogen and oxygen atoms in total. The molecule has 3 aliphatic rings. The van der Waals surface area contributed by atoms with E-state index in [1.165, 1.54) is 41.5 Å². The average Bonchev–Trinajstić information content (AvgIpc) is 3.32. The molecule has 0 saturated carbocycles. The lowest BCUT2D eigenvalue weighted by atomic mass is 9.78. The third kappa shape index (κ3) is 2.95. The molecule has 0 amide bonds. The molecular weight excluding hydrogens is 348 g/mol. The number of hydrogen-bond acceptors (Lipinski definition) is 0. The van der Waals surface area contributed by atoms with Crippen LogP contribution in [0.25, 0.3) is 11.1 Å². The van der Waals surface area contributed by atoms with Crippen molar-refractivity contribution >= 4 is 0 Å². The van der Waals surface area contributed by atoms with Gasteiger partial charge in [0, 0.05) is 5.92 Å². The van der Waals surface area contributed by atoms with E-state index in [-0.39, 0.29) is 10.8 Å². The van der Waals surface area contributed by atoms with Gasteiger partial charge in [0.1, 0.15) is 0 Å². The van der Waals surface area contributed by atoms with E-state index in [4.69, 9.17) is 0 Å². The van der Waals surface area contributed by atoms with Crippen LogP contribution in [0.1, 0.15) is 89.0 Å². The maximum atomic E-state index is 2.50. The SMILES string of the molecule is CC(C)(C)c1ccc2c(c1)-c1cc(C(C)(C)C)ccc1C2C1CCC2=C1C=CC2. The summed E-state index contributed by atoms with van der Waals surface area (Å²) >= 11 is 0. The zero-order chi connectivity index (χ0) is 20.6. The van der Waals surface area contributed by atoms with E-state index < -0.39 is 0 Å². The molecule has 2 aromatic rings. The number of fused-ring (bicyclic) bond motifs is 3. The molecule has 0 fully saturated rings. The highest BCUT2D eigenvalue weighted by Crippen LogP contribution is 2.55.